The van der Waals surface area contributed by atoms with Gasteiger partial charge in [0.2, 0.25) is 5.52 Å². The lowest BCUT2D eigenvalue weighted by Crippen LogP contribution is -2.44. The fourth-order valence-electron chi connectivity index (χ4n) is 4.86. The average molecular weight is 544 g/mol. The smallest absolute Gasteiger partial charge is 0.254 e. The van der Waals surface area contributed by atoms with Gasteiger partial charge >= 0.3 is 0 Å². The van der Waals surface area contributed by atoms with Gasteiger partial charge in [-0.05, 0) is 44.0 Å². The molecule has 4 aromatic heterocycles. The molecule has 0 saturated heterocycles. The molecule has 1 aliphatic rings. The second kappa shape index (κ2) is 10.3. The molecule has 0 aliphatic heterocycles. The molecular formula is C28H23F2N7O3. The predicted octanol–water partition coefficient (Wildman–Crippen LogP) is 3.86. The molecule has 10 nitrogen and oxygen atoms in total. The largest absolute Gasteiger partial charge is 0.618 e. The summed E-state index contributed by atoms with van der Waals surface area (Å²) in [6, 6.07) is 12.1. The summed E-state index contributed by atoms with van der Waals surface area (Å²) in [5.74, 6) is -0.102. The number of hydrogen-bond donors (Lipinski definition) is 1. The van der Waals surface area contributed by atoms with Crippen molar-refractivity contribution >= 4 is 16.9 Å². The van der Waals surface area contributed by atoms with Crippen molar-refractivity contribution in [2.75, 3.05) is 6.61 Å². The van der Waals surface area contributed by atoms with Gasteiger partial charge in [0, 0.05) is 18.0 Å². The van der Waals surface area contributed by atoms with Crippen LogP contribution < -0.4 is 14.8 Å². The molecular weight excluding hydrogens is 520 g/mol. The van der Waals surface area contributed by atoms with Crippen molar-refractivity contribution in [3.8, 4) is 23.0 Å². The summed E-state index contributed by atoms with van der Waals surface area (Å²) in [6.45, 7) is 2.38. The first-order valence-electron chi connectivity index (χ1n) is 12.7. The Morgan fingerprint density at radius 2 is 1.95 bits per heavy atom. The average Bonchev–Trinajstić information content (AvgIpc) is 3.36. The van der Waals surface area contributed by atoms with Crippen LogP contribution in [-0.4, -0.2) is 43.3 Å². The molecule has 0 unspecified atom stereocenters. The number of fused-ring (bicyclic) bond motifs is 1. The van der Waals surface area contributed by atoms with E-state index in [1.807, 2.05) is 6.92 Å². The van der Waals surface area contributed by atoms with Crippen molar-refractivity contribution in [1.82, 2.24) is 30.0 Å². The maximum atomic E-state index is 15.0. The van der Waals surface area contributed by atoms with E-state index in [0.29, 0.717) is 53.0 Å². The first kappa shape index (κ1) is 25.3. The Morgan fingerprint density at radius 1 is 1.12 bits per heavy atom. The molecule has 202 valence electrons. The highest BCUT2D eigenvalue weighted by molar-refractivity contribution is 6.03. The van der Waals surface area contributed by atoms with Crippen molar-refractivity contribution in [2.45, 2.75) is 31.7 Å². The van der Waals surface area contributed by atoms with Gasteiger partial charge in [-0.2, -0.15) is 4.73 Å². The second-order valence-corrected chi connectivity index (χ2v) is 9.40. The zero-order valence-electron chi connectivity index (χ0n) is 21.3. The fraction of sp³-hybridized carbons (Fsp3) is 0.214. The van der Waals surface area contributed by atoms with E-state index < -0.39 is 17.5 Å². The zero-order valence-corrected chi connectivity index (χ0v) is 21.3. The zero-order chi connectivity index (χ0) is 27.8. The quantitative estimate of drug-likeness (QED) is 0.244. The first-order valence-corrected chi connectivity index (χ1v) is 12.7. The summed E-state index contributed by atoms with van der Waals surface area (Å²) in [6.07, 6.45) is 4.76. The number of carbonyl (C=O) groups is 1. The number of nitrogens with one attached hydrogen (secondary N) is 1. The van der Waals surface area contributed by atoms with Gasteiger partial charge in [0.05, 0.1) is 36.3 Å². The van der Waals surface area contributed by atoms with Gasteiger partial charge in [-0.1, -0.05) is 12.1 Å². The van der Waals surface area contributed by atoms with E-state index in [-0.39, 0.29) is 28.6 Å². The van der Waals surface area contributed by atoms with Gasteiger partial charge in [0.1, 0.15) is 34.4 Å². The van der Waals surface area contributed by atoms with Crippen LogP contribution in [0.3, 0.4) is 0 Å². The number of halogens is 2. The van der Waals surface area contributed by atoms with Crippen LogP contribution in [0.2, 0.25) is 0 Å². The van der Waals surface area contributed by atoms with Crippen LogP contribution in [-0.2, 0) is 0 Å². The number of benzene rings is 1. The monoisotopic (exact) mass is 543 g/mol. The number of carbonyl (C=O) groups excluding carboxylic acids is 1. The number of para-hydroxylation sites is 1. The lowest BCUT2D eigenvalue weighted by Gasteiger charge is -2.35. The highest BCUT2D eigenvalue weighted by Crippen LogP contribution is 2.39. The topological polar surface area (TPSA) is 122 Å². The molecule has 4 heterocycles. The van der Waals surface area contributed by atoms with Crippen molar-refractivity contribution in [1.29, 1.82) is 0 Å². The number of rotatable bonds is 7. The number of aromatic nitrogens is 6. The van der Waals surface area contributed by atoms with Gasteiger partial charge in [0.15, 0.2) is 12.0 Å². The van der Waals surface area contributed by atoms with E-state index in [2.05, 4.69) is 25.5 Å². The van der Waals surface area contributed by atoms with Crippen LogP contribution >= 0.6 is 0 Å². The van der Waals surface area contributed by atoms with E-state index >= 15 is 0 Å². The van der Waals surface area contributed by atoms with Gasteiger partial charge in [-0.3, -0.25) is 9.36 Å². The Morgan fingerprint density at radius 3 is 2.70 bits per heavy atom. The van der Waals surface area contributed by atoms with Crippen LogP contribution in [0.4, 0.5) is 8.78 Å². The third-order valence-electron chi connectivity index (χ3n) is 6.84. The van der Waals surface area contributed by atoms with Crippen molar-refractivity contribution < 1.29 is 23.0 Å². The molecule has 0 atom stereocenters. The van der Waals surface area contributed by atoms with Gasteiger partial charge in [-0.15, -0.1) is 10.2 Å². The van der Waals surface area contributed by atoms with Crippen LogP contribution in [0.1, 0.15) is 41.9 Å². The summed E-state index contributed by atoms with van der Waals surface area (Å²) in [4.78, 5) is 21.4. The summed E-state index contributed by atoms with van der Waals surface area (Å²) in [7, 11) is 0. The molecule has 6 rings (SSSR count). The van der Waals surface area contributed by atoms with Crippen molar-refractivity contribution in [3.63, 3.8) is 0 Å². The molecule has 0 bridgehead atoms. The molecule has 1 amide bonds. The van der Waals surface area contributed by atoms with Crippen LogP contribution in [0, 0.1) is 16.8 Å². The highest BCUT2D eigenvalue weighted by Gasteiger charge is 2.37. The lowest BCUT2D eigenvalue weighted by molar-refractivity contribution is -0.577. The Labute approximate surface area is 226 Å². The fourth-order valence-corrected chi connectivity index (χ4v) is 4.86. The molecule has 1 fully saturated rings. The van der Waals surface area contributed by atoms with Gasteiger partial charge in [0.25, 0.3) is 5.91 Å². The number of amides is 1. The summed E-state index contributed by atoms with van der Waals surface area (Å²) >= 11 is 0. The Hall–Kier alpha value is -5.00. The van der Waals surface area contributed by atoms with Crippen LogP contribution in [0.15, 0.2) is 67.1 Å². The third kappa shape index (κ3) is 4.57. The highest BCUT2D eigenvalue weighted by atomic mass is 19.1. The molecule has 40 heavy (non-hydrogen) atoms. The molecule has 1 aliphatic carbocycles. The minimum atomic E-state index is -0.671. The molecule has 1 saturated carbocycles. The van der Waals surface area contributed by atoms with E-state index in [1.165, 1.54) is 12.1 Å². The standard InChI is InChI=1S/C28H23F2N7O3/c1-2-40-19-7-8-22(31-15-19)27-35-34-26(37(27)23-6-4-3-5-21(23)30)16-11-18(12-16)33-28(38)20-9-10-36(39)24-13-17(29)14-32-25(20)24/h3-10,13-16,18H,2,11-12H2,1H3,(H,33,38)/t16-,18-. The Balaban J connectivity index is 1.25. The number of pyridine rings is 3. The second-order valence-electron chi connectivity index (χ2n) is 9.40. The number of ether oxygens (including phenoxy) is 1. The summed E-state index contributed by atoms with van der Waals surface area (Å²) < 4.78 is 36.2. The van der Waals surface area contributed by atoms with Crippen molar-refractivity contribution in [3.05, 3.63) is 95.4 Å². The van der Waals surface area contributed by atoms with E-state index in [0.717, 1.165) is 18.5 Å². The molecule has 1 aromatic carbocycles. The minimum absolute atomic E-state index is 0.0347. The van der Waals surface area contributed by atoms with E-state index in [1.54, 1.807) is 41.1 Å². The number of nitrogens with zero attached hydrogens (tertiary/aromatic N) is 6. The van der Waals surface area contributed by atoms with E-state index in [9.17, 15) is 18.8 Å². The molecule has 1 N–H and O–H groups in total. The maximum Gasteiger partial charge on any atom is 0.254 e. The van der Waals surface area contributed by atoms with Crippen LogP contribution in [0.5, 0.6) is 5.75 Å². The van der Waals surface area contributed by atoms with Gasteiger partial charge in [-0.25, -0.2) is 18.7 Å². The van der Waals surface area contributed by atoms with E-state index in [4.69, 9.17) is 4.74 Å². The lowest BCUT2D eigenvalue weighted by atomic mass is 9.79. The molecule has 5 aromatic rings. The normalized spacial score (nSPS) is 16.5. The maximum absolute atomic E-state index is 15.0. The third-order valence-corrected chi connectivity index (χ3v) is 6.84. The molecule has 0 spiro atoms. The van der Waals surface area contributed by atoms with Gasteiger partial charge < -0.3 is 15.3 Å². The molecule has 0 radical (unpaired) electrons. The summed E-state index contributed by atoms with van der Waals surface area (Å²) in [5.41, 5.74) is 1.04. The summed E-state index contributed by atoms with van der Waals surface area (Å²) in [5, 5.41) is 23.7. The Bertz CT molecular complexity index is 1720. The predicted molar refractivity (Wildman–Crippen MR) is 140 cm³/mol. The minimum Gasteiger partial charge on any atom is -0.618 e. The van der Waals surface area contributed by atoms with Crippen LogP contribution in [0.25, 0.3) is 28.2 Å². The molecule has 12 heteroatoms. The SMILES string of the molecule is CCOc1ccc(-c2nnc([C@H]3C[C@H](NC(=O)c4cc[n+]([O-])c5cc(F)cnc45)C3)n2-c2ccccc2F)nc1. The Kier molecular flexibility index (Phi) is 6.50. The van der Waals surface area contributed by atoms with Crippen molar-refractivity contribution in [2.24, 2.45) is 0 Å². The first-order chi connectivity index (χ1) is 19.4. The number of hydrogen-bond acceptors (Lipinski definition) is 7.